The fraction of sp³-hybridized carbons (Fsp3) is 0.679. The summed E-state index contributed by atoms with van der Waals surface area (Å²) in [5.74, 6) is -3.89. The highest BCUT2D eigenvalue weighted by Crippen LogP contribution is 2.04. The summed E-state index contributed by atoms with van der Waals surface area (Å²) in [6, 6.07) is 0. The number of carbonyl (C=O) groups is 10. The van der Waals surface area contributed by atoms with E-state index in [-0.39, 0.29) is 110 Å². The van der Waals surface area contributed by atoms with Crippen molar-refractivity contribution in [2.24, 2.45) is 17.2 Å². The van der Waals surface area contributed by atoms with Crippen molar-refractivity contribution in [2.45, 2.75) is 118 Å². The topological polar surface area (TPSA) is 485 Å². The van der Waals surface area contributed by atoms with E-state index in [4.69, 9.17) is 32.5 Å². The highest BCUT2D eigenvalue weighted by Gasteiger charge is 2.13. The van der Waals surface area contributed by atoms with Crippen molar-refractivity contribution >= 4 is 59.2 Å². The molecule has 0 aromatic heterocycles. The number of hydrogen-bond acceptors (Lipinski definition) is 18. The van der Waals surface area contributed by atoms with Crippen LogP contribution in [0.4, 0.5) is 0 Å². The first-order valence-electron chi connectivity index (χ1n) is 28.1. The van der Waals surface area contributed by atoms with E-state index in [9.17, 15) is 47.9 Å². The summed E-state index contributed by atoms with van der Waals surface area (Å²) in [4.78, 5) is 114. The van der Waals surface area contributed by atoms with Gasteiger partial charge < -0.3 is 102 Å². The zero-order valence-electron chi connectivity index (χ0n) is 48.9. The first kappa shape index (κ1) is 89.5. The van der Waals surface area contributed by atoms with Crippen LogP contribution in [-0.2, 0) is 47.9 Å². The maximum atomic E-state index is 12.3. The molecule has 8 amide bonds. The van der Waals surface area contributed by atoms with Gasteiger partial charge in [-0.05, 0) is 44.1 Å². The predicted octanol–water partition coefficient (Wildman–Crippen LogP) is -2.80. The first-order valence-corrected chi connectivity index (χ1v) is 28.1. The maximum Gasteiger partial charge on any atom is 0.331 e. The van der Waals surface area contributed by atoms with Crippen LogP contribution in [0.1, 0.15) is 118 Å². The maximum absolute atomic E-state index is 12.3. The van der Waals surface area contributed by atoms with Gasteiger partial charge in [-0.3, -0.25) is 43.2 Å². The van der Waals surface area contributed by atoms with E-state index >= 15 is 0 Å². The number of amides is 8. The van der Waals surface area contributed by atoms with Gasteiger partial charge in [0.2, 0.25) is 47.3 Å². The summed E-state index contributed by atoms with van der Waals surface area (Å²) in [5, 5.41) is 59.4. The number of carboxylic acids is 2. The van der Waals surface area contributed by atoms with Crippen LogP contribution in [0.15, 0.2) is 48.6 Å². The van der Waals surface area contributed by atoms with Gasteiger partial charge in [-0.1, -0.05) is 60.4 Å². The Morgan fingerprint density at radius 1 is 0.435 bits per heavy atom. The quantitative estimate of drug-likeness (QED) is 0.0166. The Morgan fingerprint density at radius 2 is 0.800 bits per heavy atom. The molecular weight excluding hydrogens is 1110 g/mol. The van der Waals surface area contributed by atoms with E-state index in [2.05, 4.69) is 90.1 Å². The van der Waals surface area contributed by atoms with Gasteiger partial charge in [0.1, 0.15) is 0 Å². The molecule has 0 aromatic carbocycles. The molecular formula is C56H111N15O14. The molecule has 1 heterocycles. The van der Waals surface area contributed by atoms with Gasteiger partial charge in [-0.25, -0.2) is 4.79 Å². The van der Waals surface area contributed by atoms with Crippen molar-refractivity contribution in [3.8, 4) is 0 Å². The fourth-order valence-corrected chi connectivity index (χ4v) is 6.44. The minimum atomic E-state index is -1.27. The Hall–Kier alpha value is -6.70. The lowest BCUT2D eigenvalue weighted by molar-refractivity contribution is -0.139. The number of carboxylic acid groups (broad SMARTS) is 2. The van der Waals surface area contributed by atoms with Crippen LogP contribution in [0.5, 0.6) is 0 Å². The Kier molecular flexibility index (Phi) is 68.3. The van der Waals surface area contributed by atoms with Gasteiger partial charge in [-0.2, -0.15) is 0 Å². The van der Waals surface area contributed by atoms with Crippen molar-refractivity contribution in [3.63, 3.8) is 0 Å². The standard InChI is InChI=1S/C39H71N11O8.C6H11NO.C5H6O4.C4H13N3.2CH4.H2O/c1-30(29-51)26-35(54)47-24-19-42-17-21-45-34(53)11-7-5-9-14-49-38(57)31(2)27-36(55)44-13-8-4-6-10-33(52)46-22-18-43-20-25-50-39(58)32(3)28-37(56)48-23-16-41-15-12-40;8-6-4-2-1-3-5-7-6;1-3(5(8)9)2-4(6)7;5-1-3-7-4-2-6;;;/h41-43,51H,1-29,40H2,(H,44,55)(H,45,53)(H,46,52)(H,47,54)(H,48,56)(H,49,57)(H,50,58);1-5H2,(H,7,8);1-2H2,(H,6,7)(H,8,9);7H,1-6H2;2*1H4;1H2. The molecule has 1 fully saturated rings. The van der Waals surface area contributed by atoms with E-state index < -0.39 is 18.4 Å². The fourth-order valence-electron chi connectivity index (χ4n) is 6.44. The molecule has 0 saturated carbocycles. The second-order valence-corrected chi connectivity index (χ2v) is 18.5. The number of aliphatic hydroxyl groups excluding tert-OH is 1. The number of carbonyl (C=O) groups excluding carboxylic acids is 8. The Balaban J connectivity index is -0.000000473. The monoisotopic (exact) mass is 1220 g/mol. The highest BCUT2D eigenvalue weighted by atomic mass is 16.4. The second-order valence-electron chi connectivity index (χ2n) is 18.5. The molecule has 1 rings (SSSR count). The minimum absolute atomic E-state index is 0. The van der Waals surface area contributed by atoms with Crippen molar-refractivity contribution < 1.29 is 68.7 Å². The molecule has 0 unspecified atom stereocenters. The number of nitrogens with two attached hydrogens (primary N) is 3. The summed E-state index contributed by atoms with van der Waals surface area (Å²) in [5.41, 5.74) is 16.2. The van der Waals surface area contributed by atoms with Crippen LogP contribution in [0, 0.1) is 0 Å². The Labute approximate surface area is 504 Å². The molecule has 29 nitrogen and oxygen atoms in total. The molecule has 0 bridgehead atoms. The molecule has 0 atom stereocenters. The van der Waals surface area contributed by atoms with Crippen molar-refractivity contribution in [1.82, 2.24) is 63.8 Å². The number of aliphatic hydroxyl groups is 1. The smallest absolute Gasteiger partial charge is 0.331 e. The SMILES string of the molecule is C.C.C=C(CC(=O)O)C(=O)O.C=C(CO)CC(=O)NCCNCCNC(=O)CCCCCNC(=O)C(=C)CC(=O)NCCCCCC(=O)NCCNCCNC(=O)C(=C)CC(=O)NCCNCCN.NCCNCCN.O.O=C1CCCCCN1. The largest absolute Gasteiger partial charge is 0.481 e. The summed E-state index contributed by atoms with van der Waals surface area (Å²) in [6.07, 6.45) is 8.53. The molecule has 85 heavy (non-hydrogen) atoms. The lowest BCUT2D eigenvalue weighted by Gasteiger charge is -2.10. The van der Waals surface area contributed by atoms with Crippen LogP contribution in [0.3, 0.4) is 0 Å². The van der Waals surface area contributed by atoms with Crippen LogP contribution in [0.2, 0.25) is 0 Å². The summed E-state index contributed by atoms with van der Waals surface area (Å²) < 4.78 is 0. The molecule has 0 radical (unpaired) electrons. The van der Waals surface area contributed by atoms with Gasteiger partial charge in [0.05, 0.1) is 25.9 Å². The predicted molar refractivity (Wildman–Crippen MR) is 333 cm³/mol. The molecule has 494 valence electrons. The van der Waals surface area contributed by atoms with Crippen molar-refractivity contribution in [2.75, 3.05) is 131 Å². The highest BCUT2D eigenvalue weighted by molar-refractivity contribution is 5.98. The third kappa shape index (κ3) is 66.3. The summed E-state index contributed by atoms with van der Waals surface area (Å²) in [7, 11) is 0. The lowest BCUT2D eigenvalue weighted by Crippen LogP contribution is -2.37. The lowest BCUT2D eigenvalue weighted by atomic mass is 10.1. The van der Waals surface area contributed by atoms with Crippen LogP contribution in [0.25, 0.3) is 0 Å². The van der Waals surface area contributed by atoms with Crippen LogP contribution < -0.4 is 81.0 Å². The van der Waals surface area contributed by atoms with E-state index in [1.54, 1.807) is 0 Å². The van der Waals surface area contributed by atoms with E-state index in [1.807, 2.05) is 0 Å². The van der Waals surface area contributed by atoms with Gasteiger partial charge in [0.25, 0.3) is 0 Å². The minimum Gasteiger partial charge on any atom is -0.481 e. The van der Waals surface area contributed by atoms with Gasteiger partial charge in [0, 0.05) is 167 Å². The second kappa shape index (κ2) is 64.9. The number of rotatable bonds is 45. The normalized spacial score (nSPS) is 10.9. The van der Waals surface area contributed by atoms with Gasteiger partial charge in [-0.15, -0.1) is 0 Å². The molecule has 0 aliphatic carbocycles. The van der Waals surface area contributed by atoms with Gasteiger partial charge >= 0.3 is 11.9 Å². The molecule has 1 aliphatic heterocycles. The Bertz CT molecular complexity index is 1900. The molecule has 0 spiro atoms. The zero-order chi connectivity index (χ0) is 62.0. The number of hydrogen-bond donors (Lipinski definition) is 18. The molecule has 1 saturated heterocycles. The Morgan fingerprint density at radius 3 is 1.20 bits per heavy atom. The average molecular weight is 1220 g/mol. The third-order valence-electron chi connectivity index (χ3n) is 10.9. The summed E-state index contributed by atoms with van der Waals surface area (Å²) >= 11 is 0. The molecule has 23 N–H and O–H groups in total. The van der Waals surface area contributed by atoms with E-state index in [0.717, 1.165) is 51.7 Å². The van der Waals surface area contributed by atoms with Crippen LogP contribution in [-0.4, -0.2) is 211 Å². The molecule has 29 heteroatoms. The number of nitrogens with one attached hydrogen (secondary N) is 12. The molecule has 1 aliphatic rings. The number of unbranched alkanes of at least 4 members (excludes halogenated alkanes) is 4. The van der Waals surface area contributed by atoms with Crippen LogP contribution >= 0.6 is 0 Å². The first-order chi connectivity index (χ1) is 39.2. The van der Waals surface area contributed by atoms with E-state index in [0.29, 0.717) is 149 Å². The van der Waals surface area contributed by atoms with Crippen molar-refractivity contribution in [3.05, 3.63) is 48.6 Å². The number of aliphatic carboxylic acids is 2. The molecule has 0 aromatic rings. The average Bonchev–Trinajstić information content (AvgIpc) is 3.70. The van der Waals surface area contributed by atoms with E-state index in [1.165, 1.54) is 6.42 Å². The van der Waals surface area contributed by atoms with Crippen molar-refractivity contribution in [1.29, 1.82) is 0 Å². The summed E-state index contributed by atoms with van der Waals surface area (Å²) in [6.45, 7) is 24.6. The van der Waals surface area contributed by atoms with Gasteiger partial charge in [0.15, 0.2) is 0 Å². The third-order valence-corrected chi connectivity index (χ3v) is 10.9. The zero-order valence-corrected chi connectivity index (χ0v) is 48.9.